The second-order valence-corrected chi connectivity index (χ2v) is 8.83. The van der Waals surface area contributed by atoms with Gasteiger partial charge in [0.1, 0.15) is 0 Å². The maximum atomic E-state index is 2.39. The highest BCUT2D eigenvalue weighted by molar-refractivity contribution is 7.99. The maximum absolute atomic E-state index is 2.39. The molecule has 0 rings (SSSR count). The third kappa shape index (κ3) is 12.8. The Labute approximate surface area is 121 Å². The Bertz CT molecular complexity index is 188. The van der Waals surface area contributed by atoms with Gasteiger partial charge in [-0.25, -0.2) is 0 Å². The molecule has 0 saturated heterocycles. The summed E-state index contributed by atoms with van der Waals surface area (Å²) in [5.74, 6) is 2.74. The Hall–Kier alpha value is 0.350. The predicted molar refractivity (Wildman–Crippen MR) is 88.6 cm³/mol. The van der Waals surface area contributed by atoms with E-state index in [0.29, 0.717) is 10.8 Å². The topological polar surface area (TPSA) is 0 Å². The number of hydrogen-bond donors (Lipinski definition) is 0. The number of rotatable bonds is 10. The van der Waals surface area contributed by atoms with E-state index in [1.54, 1.807) is 0 Å². The van der Waals surface area contributed by atoms with Crippen molar-refractivity contribution in [1.82, 2.24) is 0 Å². The van der Waals surface area contributed by atoms with Crippen LogP contribution < -0.4 is 0 Å². The van der Waals surface area contributed by atoms with Crippen molar-refractivity contribution < 1.29 is 0 Å². The minimum Gasteiger partial charge on any atom is -0.162 e. The van der Waals surface area contributed by atoms with E-state index in [1.807, 2.05) is 0 Å². The third-order valence-electron chi connectivity index (χ3n) is 3.81. The lowest BCUT2D eigenvalue weighted by Crippen LogP contribution is -2.09. The molecule has 0 amide bonds. The predicted octanol–water partition coefficient (Wildman–Crippen LogP) is 6.54. The van der Waals surface area contributed by atoms with Gasteiger partial charge in [0.25, 0.3) is 0 Å². The molecule has 0 aliphatic heterocycles. The smallest absolute Gasteiger partial charge is 0.00673 e. The molecule has 0 aromatic rings. The molecule has 0 unspecified atom stereocenters. The van der Waals surface area contributed by atoms with E-state index >= 15 is 0 Å². The normalized spacial score (nSPS) is 13.0. The van der Waals surface area contributed by atoms with Crippen molar-refractivity contribution in [2.75, 3.05) is 11.5 Å². The monoisotopic (exact) mass is 272 g/mol. The fourth-order valence-electron chi connectivity index (χ4n) is 1.97. The summed E-state index contributed by atoms with van der Waals surface area (Å²) >= 11 is 2.16. The maximum Gasteiger partial charge on any atom is -0.00673 e. The van der Waals surface area contributed by atoms with Crippen molar-refractivity contribution >= 4 is 11.8 Å². The van der Waals surface area contributed by atoms with Crippen LogP contribution in [-0.4, -0.2) is 11.5 Å². The van der Waals surface area contributed by atoms with Crippen molar-refractivity contribution in [3.63, 3.8) is 0 Å². The zero-order valence-electron chi connectivity index (χ0n) is 13.8. The molecule has 0 spiro atoms. The third-order valence-corrected chi connectivity index (χ3v) is 4.97. The molecule has 0 radical (unpaired) electrons. The quantitative estimate of drug-likeness (QED) is 0.407. The van der Waals surface area contributed by atoms with Gasteiger partial charge in [0, 0.05) is 0 Å². The average Bonchev–Trinajstić information content (AvgIpc) is 2.25. The first-order valence-electron chi connectivity index (χ1n) is 7.85. The summed E-state index contributed by atoms with van der Waals surface area (Å²) in [6, 6.07) is 0. The van der Waals surface area contributed by atoms with Gasteiger partial charge in [0.15, 0.2) is 0 Å². The van der Waals surface area contributed by atoms with Crippen molar-refractivity contribution in [3.8, 4) is 0 Å². The van der Waals surface area contributed by atoms with Gasteiger partial charge in [0.2, 0.25) is 0 Å². The Balaban J connectivity index is 3.22. The highest BCUT2D eigenvalue weighted by Crippen LogP contribution is 2.27. The first-order chi connectivity index (χ1) is 8.27. The molecule has 0 aliphatic carbocycles. The molecule has 0 aromatic carbocycles. The lowest BCUT2D eigenvalue weighted by Gasteiger charge is -2.22. The first kappa shape index (κ1) is 18.4. The van der Waals surface area contributed by atoms with Crippen molar-refractivity contribution in [3.05, 3.63) is 0 Å². The van der Waals surface area contributed by atoms with E-state index in [2.05, 4.69) is 53.3 Å². The van der Waals surface area contributed by atoms with Crippen molar-refractivity contribution in [1.29, 1.82) is 0 Å². The van der Waals surface area contributed by atoms with Gasteiger partial charge in [-0.05, 0) is 48.0 Å². The molecule has 0 fully saturated rings. The molecule has 0 bridgehead atoms. The van der Waals surface area contributed by atoms with Crippen LogP contribution in [-0.2, 0) is 0 Å². The second-order valence-electron chi connectivity index (χ2n) is 7.61. The van der Waals surface area contributed by atoms with Gasteiger partial charge < -0.3 is 0 Å². The fraction of sp³-hybridized carbons (Fsp3) is 1.00. The van der Waals surface area contributed by atoms with Crippen LogP contribution in [0.4, 0.5) is 0 Å². The first-order valence-corrected chi connectivity index (χ1v) is 9.00. The van der Waals surface area contributed by atoms with E-state index in [1.165, 1.54) is 56.5 Å². The minimum absolute atomic E-state index is 0.527. The zero-order chi connectivity index (χ0) is 14.1. The summed E-state index contributed by atoms with van der Waals surface area (Å²) in [5, 5.41) is 0. The summed E-state index contributed by atoms with van der Waals surface area (Å²) in [4.78, 5) is 0. The fourth-order valence-corrected chi connectivity index (χ4v) is 2.93. The largest absolute Gasteiger partial charge is 0.162 e. The number of hydrogen-bond acceptors (Lipinski definition) is 1. The lowest BCUT2D eigenvalue weighted by molar-refractivity contribution is 0.320. The van der Waals surface area contributed by atoms with Crippen LogP contribution in [0.3, 0.4) is 0 Å². The second kappa shape index (κ2) is 9.28. The molecule has 0 heterocycles. The molecule has 1 heteroatoms. The summed E-state index contributed by atoms with van der Waals surface area (Å²) in [6.07, 6.45) is 9.72. The summed E-state index contributed by atoms with van der Waals surface area (Å²) in [5.41, 5.74) is 1.09. The van der Waals surface area contributed by atoms with Crippen LogP contribution in [0.15, 0.2) is 0 Å². The highest BCUT2D eigenvalue weighted by atomic mass is 32.2. The van der Waals surface area contributed by atoms with Crippen molar-refractivity contribution in [2.45, 2.75) is 86.5 Å². The Kier molecular flexibility index (Phi) is 9.47. The van der Waals surface area contributed by atoms with Gasteiger partial charge in [-0.2, -0.15) is 11.8 Å². The van der Waals surface area contributed by atoms with Crippen LogP contribution in [0.2, 0.25) is 0 Å². The summed E-state index contributed by atoms with van der Waals surface area (Å²) in [7, 11) is 0. The van der Waals surface area contributed by atoms with E-state index in [-0.39, 0.29) is 0 Å². The van der Waals surface area contributed by atoms with Crippen LogP contribution in [0.5, 0.6) is 0 Å². The molecule has 110 valence electrons. The zero-order valence-corrected chi connectivity index (χ0v) is 14.6. The standard InChI is InChI=1S/C17H36S/c1-7-17(5,6)13-11-15-18-14-10-8-9-12-16(2,3)4/h7-15H2,1-6H3. The molecule has 0 N–H and O–H groups in total. The molecule has 0 aliphatic rings. The Morgan fingerprint density at radius 2 is 1.33 bits per heavy atom. The SMILES string of the molecule is CCC(C)(C)CCCSCCCCCC(C)(C)C. The molecular formula is C17H36S. The highest BCUT2D eigenvalue weighted by Gasteiger charge is 2.13. The van der Waals surface area contributed by atoms with Crippen LogP contribution in [0.1, 0.15) is 86.5 Å². The van der Waals surface area contributed by atoms with Gasteiger partial charge >= 0.3 is 0 Å². The number of unbranched alkanes of at least 4 members (excludes halogenated alkanes) is 2. The molecule has 0 atom stereocenters. The molecule has 0 aromatic heterocycles. The lowest BCUT2D eigenvalue weighted by atomic mass is 9.86. The minimum atomic E-state index is 0.527. The van der Waals surface area contributed by atoms with Gasteiger partial charge in [-0.1, -0.05) is 60.8 Å². The van der Waals surface area contributed by atoms with Crippen LogP contribution in [0.25, 0.3) is 0 Å². The molecule has 0 saturated carbocycles. The van der Waals surface area contributed by atoms with E-state index in [9.17, 15) is 0 Å². The van der Waals surface area contributed by atoms with Crippen molar-refractivity contribution in [2.24, 2.45) is 10.8 Å². The van der Waals surface area contributed by atoms with Gasteiger partial charge in [0.05, 0.1) is 0 Å². The molecular weight excluding hydrogens is 236 g/mol. The van der Waals surface area contributed by atoms with Gasteiger partial charge in [-0.3, -0.25) is 0 Å². The number of thioether (sulfide) groups is 1. The van der Waals surface area contributed by atoms with Crippen LogP contribution in [0, 0.1) is 10.8 Å². The average molecular weight is 273 g/mol. The van der Waals surface area contributed by atoms with E-state index in [0.717, 1.165) is 0 Å². The van der Waals surface area contributed by atoms with E-state index < -0.39 is 0 Å². The van der Waals surface area contributed by atoms with E-state index in [4.69, 9.17) is 0 Å². The molecule has 0 nitrogen and oxygen atoms in total. The summed E-state index contributed by atoms with van der Waals surface area (Å²) in [6.45, 7) is 14.1. The van der Waals surface area contributed by atoms with Crippen LogP contribution >= 0.6 is 11.8 Å². The summed E-state index contributed by atoms with van der Waals surface area (Å²) < 4.78 is 0. The molecule has 18 heavy (non-hydrogen) atoms. The Morgan fingerprint density at radius 1 is 0.722 bits per heavy atom. The Morgan fingerprint density at radius 3 is 1.89 bits per heavy atom. The van der Waals surface area contributed by atoms with Gasteiger partial charge in [-0.15, -0.1) is 0 Å².